The standard InChI is InChI=1S/C12H19N5O4/c1-12(2,3)14-11(21)13-9(18)7-17-6-8(15-16-17)4-5-10(19)20/h6H,4-5,7H2,1-3H3,(H,19,20)(H2,13,14,18,21). The van der Waals surface area contributed by atoms with Gasteiger partial charge in [-0.2, -0.15) is 0 Å². The van der Waals surface area contributed by atoms with E-state index >= 15 is 0 Å². The van der Waals surface area contributed by atoms with E-state index in [-0.39, 0.29) is 19.4 Å². The number of carbonyl (C=O) groups excluding carboxylic acids is 2. The summed E-state index contributed by atoms with van der Waals surface area (Å²) in [5.74, 6) is -1.47. The van der Waals surface area contributed by atoms with Gasteiger partial charge in [-0.3, -0.25) is 14.9 Å². The molecule has 1 aromatic rings. The highest BCUT2D eigenvalue weighted by molar-refractivity contribution is 5.94. The summed E-state index contributed by atoms with van der Waals surface area (Å²) < 4.78 is 1.25. The molecule has 0 aromatic carbocycles. The fourth-order valence-electron chi connectivity index (χ4n) is 1.45. The maximum Gasteiger partial charge on any atom is 0.321 e. The van der Waals surface area contributed by atoms with Crippen LogP contribution in [0.2, 0.25) is 0 Å². The van der Waals surface area contributed by atoms with Gasteiger partial charge in [-0.1, -0.05) is 5.21 Å². The van der Waals surface area contributed by atoms with E-state index < -0.39 is 23.4 Å². The van der Waals surface area contributed by atoms with Crippen LogP contribution in [0.1, 0.15) is 32.9 Å². The average Bonchev–Trinajstić information content (AvgIpc) is 2.70. The molecule has 0 spiro atoms. The lowest BCUT2D eigenvalue weighted by atomic mass is 10.1. The molecule has 1 aromatic heterocycles. The summed E-state index contributed by atoms with van der Waals surface area (Å²) in [5, 5.41) is 20.8. The molecule has 3 N–H and O–H groups in total. The summed E-state index contributed by atoms with van der Waals surface area (Å²) in [6.07, 6.45) is 1.66. The molecule has 0 radical (unpaired) electrons. The second-order valence-electron chi connectivity index (χ2n) is 5.55. The molecule has 0 unspecified atom stereocenters. The normalized spacial score (nSPS) is 11.0. The molecule has 116 valence electrons. The molecule has 1 heterocycles. The third kappa shape index (κ3) is 7.04. The third-order valence-corrected chi connectivity index (χ3v) is 2.23. The Hall–Kier alpha value is -2.45. The fourth-order valence-corrected chi connectivity index (χ4v) is 1.45. The van der Waals surface area contributed by atoms with E-state index in [2.05, 4.69) is 20.9 Å². The zero-order chi connectivity index (χ0) is 16.0. The number of aromatic nitrogens is 3. The molecule has 0 aliphatic carbocycles. The Morgan fingerprint density at radius 2 is 2.00 bits per heavy atom. The van der Waals surface area contributed by atoms with E-state index in [1.54, 1.807) is 20.8 Å². The Bertz CT molecular complexity index is 532. The fraction of sp³-hybridized carbons (Fsp3) is 0.583. The maximum atomic E-state index is 11.6. The van der Waals surface area contributed by atoms with Gasteiger partial charge >= 0.3 is 12.0 Å². The number of carboxylic acids is 1. The zero-order valence-corrected chi connectivity index (χ0v) is 12.2. The summed E-state index contributed by atoms with van der Waals surface area (Å²) in [6.45, 7) is 5.22. The molecule has 0 saturated carbocycles. The third-order valence-electron chi connectivity index (χ3n) is 2.23. The van der Waals surface area contributed by atoms with Gasteiger partial charge in [0.25, 0.3) is 0 Å². The van der Waals surface area contributed by atoms with Crippen molar-refractivity contribution in [3.05, 3.63) is 11.9 Å². The number of aryl methyl sites for hydroxylation is 1. The van der Waals surface area contributed by atoms with Crippen LogP contribution in [-0.4, -0.2) is 43.5 Å². The SMILES string of the molecule is CC(C)(C)NC(=O)NC(=O)Cn1cc(CCC(=O)O)nn1. The lowest BCUT2D eigenvalue weighted by Crippen LogP contribution is -2.48. The number of carbonyl (C=O) groups is 3. The topological polar surface area (TPSA) is 126 Å². The number of nitrogens with one attached hydrogen (secondary N) is 2. The first-order valence-corrected chi connectivity index (χ1v) is 6.38. The van der Waals surface area contributed by atoms with Crippen LogP contribution in [0.15, 0.2) is 6.20 Å². The smallest absolute Gasteiger partial charge is 0.321 e. The molecule has 21 heavy (non-hydrogen) atoms. The molecule has 0 aliphatic heterocycles. The second-order valence-corrected chi connectivity index (χ2v) is 5.55. The van der Waals surface area contributed by atoms with Gasteiger partial charge < -0.3 is 10.4 Å². The average molecular weight is 297 g/mol. The molecule has 0 fully saturated rings. The summed E-state index contributed by atoms with van der Waals surface area (Å²) in [7, 11) is 0. The van der Waals surface area contributed by atoms with Gasteiger partial charge in [0.2, 0.25) is 5.91 Å². The van der Waals surface area contributed by atoms with Crippen molar-refractivity contribution in [3.8, 4) is 0 Å². The summed E-state index contributed by atoms with van der Waals surface area (Å²) in [6, 6.07) is -0.585. The van der Waals surface area contributed by atoms with Gasteiger partial charge in [-0.05, 0) is 20.8 Å². The van der Waals surface area contributed by atoms with Crippen LogP contribution < -0.4 is 10.6 Å². The molecular formula is C12H19N5O4. The van der Waals surface area contributed by atoms with Gasteiger partial charge in [0, 0.05) is 18.2 Å². The summed E-state index contributed by atoms with van der Waals surface area (Å²) >= 11 is 0. The molecule has 0 atom stereocenters. The number of hydrogen-bond acceptors (Lipinski definition) is 5. The minimum Gasteiger partial charge on any atom is -0.481 e. The lowest BCUT2D eigenvalue weighted by Gasteiger charge is -2.20. The minimum absolute atomic E-state index is 0.0567. The van der Waals surface area contributed by atoms with Crippen molar-refractivity contribution in [1.82, 2.24) is 25.6 Å². The van der Waals surface area contributed by atoms with Gasteiger partial charge in [-0.25, -0.2) is 9.48 Å². The van der Waals surface area contributed by atoms with Crippen LogP contribution in [-0.2, 0) is 22.6 Å². The quantitative estimate of drug-likeness (QED) is 0.697. The molecule has 9 nitrogen and oxygen atoms in total. The number of urea groups is 1. The molecular weight excluding hydrogens is 278 g/mol. The van der Waals surface area contributed by atoms with Crippen molar-refractivity contribution in [2.45, 2.75) is 45.7 Å². The number of aliphatic carboxylic acids is 1. The van der Waals surface area contributed by atoms with Crippen LogP contribution in [0.25, 0.3) is 0 Å². The highest BCUT2D eigenvalue weighted by Crippen LogP contribution is 1.99. The Labute approximate surface area is 121 Å². The van der Waals surface area contributed by atoms with Crippen LogP contribution >= 0.6 is 0 Å². The summed E-state index contributed by atoms with van der Waals surface area (Å²) in [4.78, 5) is 33.5. The van der Waals surface area contributed by atoms with E-state index in [9.17, 15) is 14.4 Å². The number of rotatable bonds is 5. The molecule has 0 saturated heterocycles. The van der Waals surface area contributed by atoms with Crippen molar-refractivity contribution in [3.63, 3.8) is 0 Å². The number of imide groups is 1. The van der Waals surface area contributed by atoms with Crippen LogP contribution in [0.3, 0.4) is 0 Å². The first kappa shape index (κ1) is 16.6. The van der Waals surface area contributed by atoms with Crippen LogP contribution in [0.5, 0.6) is 0 Å². The van der Waals surface area contributed by atoms with Gasteiger partial charge in [0.05, 0.1) is 12.1 Å². The molecule has 9 heteroatoms. The Morgan fingerprint density at radius 1 is 1.33 bits per heavy atom. The van der Waals surface area contributed by atoms with E-state index in [0.717, 1.165) is 0 Å². The highest BCUT2D eigenvalue weighted by Gasteiger charge is 2.16. The molecule has 3 amide bonds. The molecule has 0 aliphatic rings. The Balaban J connectivity index is 2.44. The number of amides is 3. The van der Waals surface area contributed by atoms with Crippen LogP contribution in [0, 0.1) is 0 Å². The zero-order valence-electron chi connectivity index (χ0n) is 12.2. The molecule has 0 bridgehead atoms. The van der Waals surface area contributed by atoms with Gasteiger partial charge in [0.1, 0.15) is 6.54 Å². The predicted octanol–water partition coefficient (Wildman–Crippen LogP) is -0.0804. The van der Waals surface area contributed by atoms with E-state index in [1.165, 1.54) is 10.9 Å². The first-order valence-electron chi connectivity index (χ1n) is 6.38. The highest BCUT2D eigenvalue weighted by atomic mass is 16.4. The van der Waals surface area contributed by atoms with Crippen molar-refractivity contribution < 1.29 is 19.5 Å². The summed E-state index contributed by atoms with van der Waals surface area (Å²) in [5.41, 5.74) is 0.0334. The molecule has 1 rings (SSSR count). The predicted molar refractivity (Wildman–Crippen MR) is 72.4 cm³/mol. The van der Waals surface area contributed by atoms with E-state index in [1.807, 2.05) is 0 Å². The monoisotopic (exact) mass is 297 g/mol. The minimum atomic E-state index is -0.929. The maximum absolute atomic E-state index is 11.6. The van der Waals surface area contributed by atoms with Gasteiger partial charge in [-0.15, -0.1) is 5.10 Å². The Kier molecular flexibility index (Phi) is 5.39. The van der Waals surface area contributed by atoms with E-state index in [4.69, 9.17) is 5.11 Å². The van der Waals surface area contributed by atoms with Crippen molar-refractivity contribution >= 4 is 17.9 Å². The first-order chi connectivity index (χ1) is 9.65. The van der Waals surface area contributed by atoms with Gasteiger partial charge in [0.15, 0.2) is 0 Å². The second kappa shape index (κ2) is 6.82. The number of nitrogens with zero attached hydrogens (tertiary/aromatic N) is 3. The van der Waals surface area contributed by atoms with Crippen LogP contribution in [0.4, 0.5) is 4.79 Å². The number of hydrogen-bond donors (Lipinski definition) is 3. The largest absolute Gasteiger partial charge is 0.481 e. The Morgan fingerprint density at radius 3 is 2.57 bits per heavy atom. The van der Waals surface area contributed by atoms with Crippen molar-refractivity contribution in [2.24, 2.45) is 0 Å². The van der Waals surface area contributed by atoms with Crippen molar-refractivity contribution in [2.75, 3.05) is 0 Å². The lowest BCUT2D eigenvalue weighted by molar-refractivity contribution is -0.137. The van der Waals surface area contributed by atoms with E-state index in [0.29, 0.717) is 5.69 Å². The number of carboxylic acid groups (broad SMARTS) is 1. The van der Waals surface area contributed by atoms with Crippen molar-refractivity contribution in [1.29, 1.82) is 0 Å².